The second-order valence-corrected chi connectivity index (χ2v) is 4.85. The van der Waals surface area contributed by atoms with Gasteiger partial charge in [0.2, 0.25) is 0 Å². The molecule has 1 N–H and O–H groups in total. The average molecular weight is 248 g/mol. The van der Waals surface area contributed by atoms with Gasteiger partial charge in [-0.05, 0) is 37.9 Å². The first-order valence-electron chi connectivity index (χ1n) is 6.64. The normalized spacial score (nSPS) is 20.8. The van der Waals surface area contributed by atoms with Crippen molar-refractivity contribution in [2.45, 2.75) is 45.2 Å². The lowest BCUT2D eigenvalue weighted by atomic mass is 10.00. The van der Waals surface area contributed by atoms with E-state index in [0.29, 0.717) is 6.04 Å². The molecule has 0 bridgehead atoms. The Hall–Kier alpha value is -1.42. The van der Waals surface area contributed by atoms with Crippen LogP contribution in [-0.2, 0) is 6.54 Å². The lowest BCUT2D eigenvalue weighted by molar-refractivity contribution is 0.0689. The standard InChI is InChI=1S/C14H20N2O2/c1-2-12-7-3-4-9-16(12)10-11-6-5-8-13(15-11)14(17)18/h5-6,8,12H,2-4,7,9-10H2,1H3,(H,17,18). The van der Waals surface area contributed by atoms with Gasteiger partial charge in [-0.1, -0.05) is 19.4 Å². The van der Waals surface area contributed by atoms with Crippen LogP contribution >= 0.6 is 0 Å². The van der Waals surface area contributed by atoms with E-state index in [4.69, 9.17) is 5.11 Å². The lowest BCUT2D eigenvalue weighted by Crippen LogP contribution is -2.38. The molecule has 98 valence electrons. The maximum absolute atomic E-state index is 10.9. The Morgan fingerprint density at radius 3 is 3.06 bits per heavy atom. The molecule has 1 aromatic rings. The van der Waals surface area contributed by atoms with Crippen molar-refractivity contribution >= 4 is 5.97 Å². The Morgan fingerprint density at radius 1 is 1.50 bits per heavy atom. The average Bonchev–Trinajstić information content (AvgIpc) is 2.39. The van der Waals surface area contributed by atoms with E-state index in [0.717, 1.165) is 25.2 Å². The number of carboxylic acids is 1. The zero-order chi connectivity index (χ0) is 13.0. The minimum atomic E-state index is -0.956. The number of likely N-dealkylation sites (tertiary alicyclic amines) is 1. The summed E-state index contributed by atoms with van der Waals surface area (Å²) >= 11 is 0. The molecular formula is C14H20N2O2. The van der Waals surface area contributed by atoms with Crippen LogP contribution in [0.1, 0.15) is 48.8 Å². The molecule has 4 heteroatoms. The van der Waals surface area contributed by atoms with Gasteiger partial charge in [0.05, 0.1) is 5.69 Å². The number of nitrogens with zero attached hydrogens (tertiary/aromatic N) is 2. The van der Waals surface area contributed by atoms with E-state index in [1.807, 2.05) is 6.07 Å². The van der Waals surface area contributed by atoms with Gasteiger partial charge in [-0.3, -0.25) is 4.90 Å². The molecule has 1 saturated heterocycles. The summed E-state index contributed by atoms with van der Waals surface area (Å²) in [6, 6.07) is 5.85. The van der Waals surface area contributed by atoms with Crippen molar-refractivity contribution < 1.29 is 9.90 Å². The Bertz CT molecular complexity index is 420. The van der Waals surface area contributed by atoms with Crippen LogP contribution in [0.25, 0.3) is 0 Å². The van der Waals surface area contributed by atoms with Crippen molar-refractivity contribution in [2.75, 3.05) is 6.54 Å². The van der Waals surface area contributed by atoms with Crippen molar-refractivity contribution in [3.63, 3.8) is 0 Å². The van der Waals surface area contributed by atoms with Crippen LogP contribution in [0.3, 0.4) is 0 Å². The fraction of sp³-hybridized carbons (Fsp3) is 0.571. The summed E-state index contributed by atoms with van der Waals surface area (Å²) in [7, 11) is 0. The van der Waals surface area contributed by atoms with E-state index in [1.54, 1.807) is 12.1 Å². The number of carboxylic acid groups (broad SMARTS) is 1. The molecule has 0 saturated carbocycles. The van der Waals surface area contributed by atoms with E-state index >= 15 is 0 Å². The van der Waals surface area contributed by atoms with Crippen molar-refractivity contribution in [2.24, 2.45) is 0 Å². The van der Waals surface area contributed by atoms with Crippen LogP contribution in [0, 0.1) is 0 Å². The Kier molecular flexibility index (Phi) is 4.31. The minimum Gasteiger partial charge on any atom is -0.477 e. The number of hydrogen-bond donors (Lipinski definition) is 1. The van der Waals surface area contributed by atoms with Crippen LogP contribution in [0.5, 0.6) is 0 Å². The van der Waals surface area contributed by atoms with E-state index < -0.39 is 5.97 Å². The molecule has 2 heterocycles. The van der Waals surface area contributed by atoms with Crippen LogP contribution in [0.4, 0.5) is 0 Å². The molecule has 1 aliphatic rings. The first kappa shape index (κ1) is 13.0. The number of aromatic nitrogens is 1. The first-order chi connectivity index (χ1) is 8.70. The number of carbonyl (C=O) groups is 1. The molecule has 0 radical (unpaired) electrons. The lowest BCUT2D eigenvalue weighted by Gasteiger charge is -2.34. The number of hydrogen-bond acceptors (Lipinski definition) is 3. The zero-order valence-corrected chi connectivity index (χ0v) is 10.8. The van der Waals surface area contributed by atoms with Crippen LogP contribution in [-0.4, -0.2) is 33.5 Å². The number of piperidine rings is 1. The monoisotopic (exact) mass is 248 g/mol. The highest BCUT2D eigenvalue weighted by atomic mass is 16.4. The van der Waals surface area contributed by atoms with Gasteiger partial charge < -0.3 is 5.11 Å². The Balaban J connectivity index is 2.07. The highest BCUT2D eigenvalue weighted by molar-refractivity contribution is 5.85. The molecule has 0 amide bonds. The molecule has 18 heavy (non-hydrogen) atoms. The molecule has 1 atom stereocenters. The van der Waals surface area contributed by atoms with Crippen LogP contribution in [0.2, 0.25) is 0 Å². The quantitative estimate of drug-likeness (QED) is 0.889. The van der Waals surface area contributed by atoms with Crippen molar-refractivity contribution in [3.8, 4) is 0 Å². The topological polar surface area (TPSA) is 53.4 Å². The van der Waals surface area contributed by atoms with Crippen LogP contribution in [0.15, 0.2) is 18.2 Å². The predicted octanol–water partition coefficient (Wildman–Crippen LogP) is 2.54. The smallest absolute Gasteiger partial charge is 0.354 e. The maximum Gasteiger partial charge on any atom is 0.354 e. The van der Waals surface area contributed by atoms with E-state index in [-0.39, 0.29) is 5.69 Å². The number of aromatic carboxylic acids is 1. The Morgan fingerprint density at radius 2 is 2.33 bits per heavy atom. The first-order valence-corrected chi connectivity index (χ1v) is 6.64. The minimum absolute atomic E-state index is 0.137. The third-order valence-corrected chi connectivity index (χ3v) is 3.61. The summed E-state index contributed by atoms with van der Waals surface area (Å²) in [6.45, 7) is 4.07. The summed E-state index contributed by atoms with van der Waals surface area (Å²) in [5.74, 6) is -0.956. The molecule has 4 nitrogen and oxygen atoms in total. The van der Waals surface area contributed by atoms with Gasteiger partial charge in [0.1, 0.15) is 5.69 Å². The Labute approximate surface area is 108 Å². The molecule has 1 aliphatic heterocycles. The second-order valence-electron chi connectivity index (χ2n) is 4.85. The van der Waals surface area contributed by atoms with Gasteiger partial charge in [-0.25, -0.2) is 9.78 Å². The fourth-order valence-corrected chi connectivity index (χ4v) is 2.63. The summed E-state index contributed by atoms with van der Waals surface area (Å²) in [5.41, 5.74) is 0.993. The molecule has 0 spiro atoms. The van der Waals surface area contributed by atoms with Crippen molar-refractivity contribution in [3.05, 3.63) is 29.6 Å². The van der Waals surface area contributed by atoms with Gasteiger partial charge in [0, 0.05) is 12.6 Å². The van der Waals surface area contributed by atoms with E-state index in [2.05, 4.69) is 16.8 Å². The molecule has 0 aliphatic carbocycles. The van der Waals surface area contributed by atoms with Gasteiger partial charge in [-0.15, -0.1) is 0 Å². The van der Waals surface area contributed by atoms with E-state index in [1.165, 1.54) is 19.3 Å². The number of pyridine rings is 1. The van der Waals surface area contributed by atoms with Gasteiger partial charge >= 0.3 is 5.97 Å². The highest BCUT2D eigenvalue weighted by Crippen LogP contribution is 2.21. The molecule has 1 aromatic heterocycles. The van der Waals surface area contributed by atoms with Crippen LogP contribution < -0.4 is 0 Å². The summed E-state index contributed by atoms with van der Waals surface area (Å²) in [4.78, 5) is 17.5. The molecule has 2 rings (SSSR count). The zero-order valence-electron chi connectivity index (χ0n) is 10.8. The van der Waals surface area contributed by atoms with Crippen molar-refractivity contribution in [1.82, 2.24) is 9.88 Å². The third-order valence-electron chi connectivity index (χ3n) is 3.61. The number of rotatable bonds is 4. The van der Waals surface area contributed by atoms with Gasteiger partial charge in [-0.2, -0.15) is 0 Å². The maximum atomic E-state index is 10.9. The summed E-state index contributed by atoms with van der Waals surface area (Å²) in [5, 5.41) is 8.94. The van der Waals surface area contributed by atoms with Gasteiger partial charge in [0.25, 0.3) is 0 Å². The summed E-state index contributed by atoms with van der Waals surface area (Å²) in [6.07, 6.45) is 4.93. The highest BCUT2D eigenvalue weighted by Gasteiger charge is 2.21. The largest absolute Gasteiger partial charge is 0.477 e. The van der Waals surface area contributed by atoms with Gasteiger partial charge in [0.15, 0.2) is 0 Å². The molecule has 1 fully saturated rings. The molecule has 0 aromatic carbocycles. The fourth-order valence-electron chi connectivity index (χ4n) is 2.63. The third kappa shape index (κ3) is 3.07. The summed E-state index contributed by atoms with van der Waals surface area (Å²) < 4.78 is 0. The SMILES string of the molecule is CCC1CCCCN1Cc1cccc(C(=O)O)n1. The molecule has 1 unspecified atom stereocenters. The van der Waals surface area contributed by atoms with E-state index in [9.17, 15) is 4.79 Å². The van der Waals surface area contributed by atoms with Crippen molar-refractivity contribution in [1.29, 1.82) is 0 Å². The predicted molar refractivity (Wildman–Crippen MR) is 69.5 cm³/mol. The molecular weight excluding hydrogens is 228 g/mol. The second kappa shape index (κ2) is 5.96.